The number of nitrogens with two attached hydrogens (primary N) is 1. The molecule has 116 valence electrons. The molecule has 0 bridgehead atoms. The minimum atomic E-state index is -0.426. The van der Waals surface area contributed by atoms with Crippen molar-refractivity contribution in [2.24, 2.45) is 5.10 Å². The van der Waals surface area contributed by atoms with Crippen LogP contribution in [0.15, 0.2) is 38.6 Å². The standard InChI is InChI=1S/C14H17BrN6O/c1-14(2,3)11-12(22)21(16)13(20-18-11)19-17-8-9-4-6-10(15)7-5-9/h4-8H,16H2,1-3H3,(H,19,20). The Morgan fingerprint density at radius 3 is 2.50 bits per heavy atom. The van der Waals surface area contributed by atoms with E-state index in [-0.39, 0.29) is 5.95 Å². The normalized spacial score (nSPS) is 11.8. The highest BCUT2D eigenvalue weighted by atomic mass is 79.9. The number of hydrogen-bond donors (Lipinski definition) is 2. The summed E-state index contributed by atoms with van der Waals surface area (Å²) in [5.41, 5.74) is 2.99. The van der Waals surface area contributed by atoms with Crippen molar-refractivity contribution in [2.75, 3.05) is 11.3 Å². The molecular formula is C14H17BrN6O. The van der Waals surface area contributed by atoms with Crippen LogP contribution in [0, 0.1) is 0 Å². The Morgan fingerprint density at radius 2 is 1.91 bits per heavy atom. The first kappa shape index (κ1) is 16.2. The quantitative estimate of drug-likeness (QED) is 0.492. The lowest BCUT2D eigenvalue weighted by Crippen LogP contribution is -2.38. The second kappa shape index (κ2) is 6.27. The number of halogens is 1. The van der Waals surface area contributed by atoms with Gasteiger partial charge in [-0.2, -0.15) is 9.78 Å². The molecule has 8 heteroatoms. The van der Waals surface area contributed by atoms with E-state index in [1.807, 2.05) is 45.0 Å². The first-order valence-electron chi connectivity index (χ1n) is 6.59. The van der Waals surface area contributed by atoms with Crippen LogP contribution < -0.4 is 16.8 Å². The maximum absolute atomic E-state index is 12.1. The first-order valence-corrected chi connectivity index (χ1v) is 7.38. The lowest BCUT2D eigenvalue weighted by molar-refractivity contribution is 0.538. The van der Waals surface area contributed by atoms with Crippen molar-refractivity contribution in [3.63, 3.8) is 0 Å². The molecule has 0 saturated heterocycles. The summed E-state index contributed by atoms with van der Waals surface area (Å²) in [7, 11) is 0. The molecule has 22 heavy (non-hydrogen) atoms. The van der Waals surface area contributed by atoms with Gasteiger partial charge < -0.3 is 5.84 Å². The van der Waals surface area contributed by atoms with E-state index in [1.54, 1.807) is 6.21 Å². The fraction of sp³-hybridized carbons (Fsp3) is 0.286. The molecular weight excluding hydrogens is 348 g/mol. The summed E-state index contributed by atoms with van der Waals surface area (Å²) in [6.45, 7) is 5.62. The second-order valence-corrected chi connectivity index (χ2v) is 6.63. The summed E-state index contributed by atoms with van der Waals surface area (Å²) in [6, 6.07) is 7.58. The van der Waals surface area contributed by atoms with Gasteiger partial charge in [-0.05, 0) is 17.7 Å². The van der Waals surface area contributed by atoms with Gasteiger partial charge in [-0.3, -0.25) is 4.79 Å². The van der Waals surface area contributed by atoms with Crippen molar-refractivity contribution in [3.8, 4) is 0 Å². The van der Waals surface area contributed by atoms with E-state index < -0.39 is 11.0 Å². The predicted molar refractivity (Wildman–Crippen MR) is 90.5 cm³/mol. The van der Waals surface area contributed by atoms with Crippen LogP contribution in [0.1, 0.15) is 32.0 Å². The summed E-state index contributed by atoms with van der Waals surface area (Å²) in [4.78, 5) is 12.1. The Morgan fingerprint density at radius 1 is 1.27 bits per heavy atom. The molecule has 2 rings (SSSR count). The molecule has 0 fully saturated rings. The van der Waals surface area contributed by atoms with Gasteiger partial charge in [0.2, 0.25) is 0 Å². The van der Waals surface area contributed by atoms with Crippen molar-refractivity contribution in [1.29, 1.82) is 0 Å². The van der Waals surface area contributed by atoms with Crippen molar-refractivity contribution >= 4 is 28.1 Å². The van der Waals surface area contributed by atoms with Crippen molar-refractivity contribution in [2.45, 2.75) is 26.2 Å². The second-order valence-electron chi connectivity index (χ2n) is 5.72. The Labute approximate surface area is 136 Å². The van der Waals surface area contributed by atoms with E-state index in [9.17, 15) is 4.79 Å². The van der Waals surface area contributed by atoms with Gasteiger partial charge in [0.1, 0.15) is 5.69 Å². The Balaban J connectivity index is 2.19. The number of nitrogens with zero attached hydrogens (tertiary/aromatic N) is 4. The molecule has 0 atom stereocenters. The molecule has 0 unspecified atom stereocenters. The number of anilines is 1. The van der Waals surface area contributed by atoms with Gasteiger partial charge >= 0.3 is 0 Å². The summed E-state index contributed by atoms with van der Waals surface area (Å²) in [6.07, 6.45) is 1.59. The van der Waals surface area contributed by atoms with Gasteiger partial charge in [-0.25, -0.2) is 5.43 Å². The van der Waals surface area contributed by atoms with Crippen molar-refractivity contribution in [3.05, 3.63) is 50.3 Å². The Kier molecular flexibility index (Phi) is 4.60. The Hall–Kier alpha value is -2.22. The van der Waals surface area contributed by atoms with Gasteiger partial charge in [0.15, 0.2) is 0 Å². The van der Waals surface area contributed by atoms with Gasteiger partial charge in [-0.15, -0.1) is 10.2 Å². The molecule has 0 radical (unpaired) electrons. The van der Waals surface area contributed by atoms with Crippen molar-refractivity contribution in [1.82, 2.24) is 14.9 Å². The van der Waals surface area contributed by atoms with E-state index >= 15 is 0 Å². The fourth-order valence-corrected chi connectivity index (χ4v) is 1.92. The number of nitrogen functional groups attached to an aromatic ring is 1. The van der Waals surface area contributed by atoms with E-state index in [1.165, 1.54) is 0 Å². The maximum Gasteiger partial charge on any atom is 0.295 e. The predicted octanol–water partition coefficient (Wildman–Crippen LogP) is 1.86. The van der Waals surface area contributed by atoms with E-state index in [2.05, 4.69) is 36.7 Å². The zero-order chi connectivity index (χ0) is 16.3. The highest BCUT2D eigenvalue weighted by molar-refractivity contribution is 9.10. The van der Waals surface area contributed by atoms with E-state index in [4.69, 9.17) is 5.84 Å². The average Bonchev–Trinajstić information content (AvgIpc) is 2.44. The lowest BCUT2D eigenvalue weighted by atomic mass is 9.93. The fourth-order valence-electron chi connectivity index (χ4n) is 1.66. The van der Waals surface area contributed by atoms with Crippen LogP contribution in [0.5, 0.6) is 0 Å². The summed E-state index contributed by atoms with van der Waals surface area (Å²) in [5.74, 6) is 5.81. The topological polar surface area (TPSA) is 98.2 Å². The summed E-state index contributed by atoms with van der Waals surface area (Å²) < 4.78 is 1.89. The van der Waals surface area contributed by atoms with Crippen LogP contribution in [0.25, 0.3) is 0 Å². The minimum Gasteiger partial charge on any atom is -0.333 e. The third kappa shape index (κ3) is 3.70. The van der Waals surface area contributed by atoms with Crippen LogP contribution in [0.2, 0.25) is 0 Å². The van der Waals surface area contributed by atoms with Crippen LogP contribution in [0.3, 0.4) is 0 Å². The monoisotopic (exact) mass is 364 g/mol. The number of rotatable bonds is 3. The molecule has 0 saturated carbocycles. The summed E-state index contributed by atoms with van der Waals surface area (Å²) in [5, 5.41) is 11.9. The molecule has 0 aliphatic heterocycles. The van der Waals surface area contributed by atoms with Gasteiger partial charge in [-0.1, -0.05) is 48.8 Å². The molecule has 3 N–H and O–H groups in total. The minimum absolute atomic E-state index is 0.0753. The van der Waals surface area contributed by atoms with E-state index in [0.717, 1.165) is 14.7 Å². The largest absolute Gasteiger partial charge is 0.333 e. The average molecular weight is 365 g/mol. The van der Waals surface area contributed by atoms with Crippen LogP contribution in [-0.2, 0) is 5.41 Å². The SMILES string of the molecule is CC(C)(C)c1nnc(NN=Cc2ccc(Br)cc2)n(N)c1=O. The molecule has 0 aliphatic carbocycles. The number of hydrazone groups is 1. The maximum atomic E-state index is 12.1. The molecule has 1 aromatic carbocycles. The van der Waals surface area contributed by atoms with Crippen LogP contribution >= 0.6 is 15.9 Å². The molecule has 0 aliphatic rings. The molecule has 0 amide bonds. The highest BCUT2D eigenvalue weighted by Gasteiger charge is 2.22. The summed E-state index contributed by atoms with van der Waals surface area (Å²) >= 11 is 3.36. The number of nitrogens with one attached hydrogen (secondary N) is 1. The number of hydrogen-bond acceptors (Lipinski definition) is 6. The Bertz CT molecular complexity index is 745. The highest BCUT2D eigenvalue weighted by Crippen LogP contribution is 2.15. The molecule has 7 nitrogen and oxygen atoms in total. The van der Waals surface area contributed by atoms with Gasteiger partial charge in [0.25, 0.3) is 11.5 Å². The molecule has 1 aromatic heterocycles. The third-order valence-corrected chi connectivity index (χ3v) is 3.38. The van der Waals surface area contributed by atoms with Crippen LogP contribution in [-0.4, -0.2) is 21.1 Å². The third-order valence-electron chi connectivity index (χ3n) is 2.85. The zero-order valence-corrected chi connectivity index (χ0v) is 14.1. The van der Waals surface area contributed by atoms with Crippen molar-refractivity contribution < 1.29 is 0 Å². The zero-order valence-electron chi connectivity index (χ0n) is 12.5. The molecule has 0 spiro atoms. The molecule has 2 aromatic rings. The first-order chi connectivity index (χ1) is 10.3. The van der Waals surface area contributed by atoms with Gasteiger partial charge in [0, 0.05) is 9.89 Å². The van der Waals surface area contributed by atoms with Gasteiger partial charge in [0.05, 0.1) is 6.21 Å². The van der Waals surface area contributed by atoms with E-state index in [0.29, 0.717) is 5.69 Å². The number of aromatic nitrogens is 3. The molecule has 1 heterocycles. The number of benzene rings is 1. The van der Waals surface area contributed by atoms with Crippen LogP contribution in [0.4, 0.5) is 5.95 Å². The smallest absolute Gasteiger partial charge is 0.295 e. The lowest BCUT2D eigenvalue weighted by Gasteiger charge is -2.16.